The van der Waals surface area contributed by atoms with Crippen molar-refractivity contribution in [3.8, 4) is 0 Å². The van der Waals surface area contributed by atoms with Gasteiger partial charge < -0.3 is 14.5 Å². The van der Waals surface area contributed by atoms with Gasteiger partial charge in [-0.25, -0.2) is 0 Å². The molecule has 1 saturated heterocycles. The number of rotatable bonds is 5. The summed E-state index contributed by atoms with van der Waals surface area (Å²) < 4.78 is 10.6. The minimum atomic E-state index is -0.175. The molecule has 23 heavy (non-hydrogen) atoms. The maximum Gasteiger partial charge on any atom is 0.287 e. The zero-order chi connectivity index (χ0) is 16.1. The Morgan fingerprint density at radius 3 is 2.74 bits per heavy atom. The maximum absolute atomic E-state index is 12.1. The van der Waals surface area contributed by atoms with Crippen LogP contribution in [0.25, 0.3) is 0 Å². The highest BCUT2D eigenvalue weighted by atomic mass is 16.5. The topological polar surface area (TPSA) is 54.7 Å². The van der Waals surface area contributed by atoms with Crippen molar-refractivity contribution in [3.05, 3.63) is 59.0 Å². The van der Waals surface area contributed by atoms with Crippen molar-refractivity contribution in [1.29, 1.82) is 0 Å². The zero-order valence-corrected chi connectivity index (χ0v) is 13.4. The molecule has 1 aliphatic heterocycles. The number of amides is 1. The minimum absolute atomic E-state index is 0.175. The molecule has 0 atom stereocenters. The fraction of sp³-hybridized carbons (Fsp3) is 0.389. The number of aryl methyl sites for hydroxylation is 1. The summed E-state index contributed by atoms with van der Waals surface area (Å²) in [6.45, 7) is 6.83. The molecular weight excluding hydrogens is 292 g/mol. The van der Waals surface area contributed by atoms with Crippen LogP contribution in [0, 0.1) is 6.92 Å². The molecule has 2 heterocycles. The Morgan fingerprint density at radius 2 is 2.00 bits per heavy atom. The molecular formula is C18H22N2O3. The van der Waals surface area contributed by atoms with Crippen LogP contribution in [0.1, 0.15) is 27.2 Å². The predicted molar refractivity (Wildman–Crippen MR) is 87.2 cm³/mol. The summed E-state index contributed by atoms with van der Waals surface area (Å²) in [5.74, 6) is 0.209. The van der Waals surface area contributed by atoms with E-state index in [0.29, 0.717) is 12.3 Å². The van der Waals surface area contributed by atoms with E-state index in [0.717, 1.165) is 44.0 Å². The summed E-state index contributed by atoms with van der Waals surface area (Å²) in [5.41, 5.74) is 3.20. The van der Waals surface area contributed by atoms with Crippen LogP contribution in [0.4, 0.5) is 0 Å². The van der Waals surface area contributed by atoms with Crippen LogP contribution >= 0.6 is 0 Å². The first-order chi connectivity index (χ1) is 11.2. The highest BCUT2D eigenvalue weighted by Gasteiger charge is 2.13. The number of carbonyl (C=O) groups excluding carboxylic acids is 1. The van der Waals surface area contributed by atoms with E-state index in [2.05, 4.69) is 22.3 Å². The number of hydrogen-bond donors (Lipinski definition) is 1. The second-order valence-corrected chi connectivity index (χ2v) is 5.82. The van der Waals surface area contributed by atoms with E-state index in [1.165, 1.54) is 11.8 Å². The van der Waals surface area contributed by atoms with Gasteiger partial charge in [0.1, 0.15) is 0 Å². The van der Waals surface area contributed by atoms with E-state index in [9.17, 15) is 4.79 Å². The van der Waals surface area contributed by atoms with Crippen LogP contribution in [0.15, 0.2) is 41.0 Å². The van der Waals surface area contributed by atoms with Crippen molar-refractivity contribution in [2.45, 2.75) is 20.0 Å². The first-order valence-corrected chi connectivity index (χ1v) is 7.92. The number of hydrogen-bond acceptors (Lipinski definition) is 4. The summed E-state index contributed by atoms with van der Waals surface area (Å²) in [6.07, 6.45) is 1.53. The highest BCUT2D eigenvalue weighted by Crippen LogP contribution is 2.11. The van der Waals surface area contributed by atoms with Crippen molar-refractivity contribution in [1.82, 2.24) is 10.2 Å². The smallest absolute Gasteiger partial charge is 0.287 e. The lowest BCUT2D eigenvalue weighted by molar-refractivity contribution is 0.0342. The lowest BCUT2D eigenvalue weighted by Crippen LogP contribution is -2.35. The molecule has 0 bridgehead atoms. The zero-order valence-electron chi connectivity index (χ0n) is 13.4. The number of benzene rings is 1. The Balaban J connectivity index is 1.57. The molecule has 1 aliphatic rings. The van der Waals surface area contributed by atoms with Gasteiger partial charge in [-0.05, 0) is 24.1 Å². The molecule has 0 unspecified atom stereocenters. The second-order valence-electron chi connectivity index (χ2n) is 5.82. The molecule has 3 rings (SSSR count). The maximum atomic E-state index is 12.1. The second kappa shape index (κ2) is 7.44. The highest BCUT2D eigenvalue weighted by molar-refractivity contribution is 5.92. The van der Waals surface area contributed by atoms with Gasteiger partial charge in [0.15, 0.2) is 5.76 Å². The predicted octanol–water partition coefficient (Wildman–Crippen LogP) is 2.35. The lowest BCUT2D eigenvalue weighted by Gasteiger charge is -2.26. The number of nitrogens with one attached hydrogen (secondary N) is 1. The monoisotopic (exact) mass is 314 g/mol. The Hall–Kier alpha value is -2.11. The van der Waals surface area contributed by atoms with Crippen LogP contribution in [-0.4, -0.2) is 37.1 Å². The van der Waals surface area contributed by atoms with Crippen molar-refractivity contribution in [2.24, 2.45) is 0 Å². The number of ether oxygens (including phenoxy) is 1. The van der Waals surface area contributed by atoms with E-state index in [1.54, 1.807) is 6.07 Å². The summed E-state index contributed by atoms with van der Waals surface area (Å²) in [7, 11) is 0. The molecule has 2 aromatic rings. The Bertz CT molecular complexity index is 660. The summed E-state index contributed by atoms with van der Waals surface area (Å²) in [4.78, 5) is 14.5. The normalized spacial score (nSPS) is 15.5. The average molecular weight is 314 g/mol. The standard InChI is InChI=1S/C18H22N2O3/c1-14-5-8-23-17(14)18(21)19-12-15-3-2-4-16(11-15)13-20-6-9-22-10-7-20/h2-5,8,11H,6-7,9-10,12-13H2,1H3,(H,19,21). The fourth-order valence-electron chi connectivity index (χ4n) is 2.72. The summed E-state index contributed by atoms with van der Waals surface area (Å²) in [6, 6.07) is 10.1. The van der Waals surface area contributed by atoms with Crippen LogP contribution in [0.5, 0.6) is 0 Å². The number of furan rings is 1. The van der Waals surface area contributed by atoms with Crippen LogP contribution in [0.2, 0.25) is 0 Å². The molecule has 1 amide bonds. The molecule has 1 aromatic heterocycles. The van der Waals surface area contributed by atoms with Gasteiger partial charge in [-0.2, -0.15) is 0 Å². The van der Waals surface area contributed by atoms with Gasteiger partial charge in [0, 0.05) is 31.7 Å². The third-order valence-electron chi connectivity index (χ3n) is 4.02. The Kier molecular flexibility index (Phi) is 5.10. The number of morpholine rings is 1. The third kappa shape index (κ3) is 4.21. The molecule has 5 heteroatoms. The van der Waals surface area contributed by atoms with Crippen LogP contribution in [-0.2, 0) is 17.8 Å². The molecule has 0 aliphatic carbocycles. The first-order valence-electron chi connectivity index (χ1n) is 7.92. The summed E-state index contributed by atoms with van der Waals surface area (Å²) in [5, 5.41) is 2.91. The molecule has 0 spiro atoms. The largest absolute Gasteiger partial charge is 0.459 e. The fourth-order valence-corrected chi connectivity index (χ4v) is 2.72. The van der Waals surface area contributed by atoms with Crippen LogP contribution < -0.4 is 5.32 Å². The van der Waals surface area contributed by atoms with Gasteiger partial charge in [0.2, 0.25) is 0 Å². The van der Waals surface area contributed by atoms with E-state index < -0.39 is 0 Å². The van der Waals surface area contributed by atoms with E-state index in [4.69, 9.17) is 9.15 Å². The van der Waals surface area contributed by atoms with Gasteiger partial charge in [0.05, 0.1) is 19.5 Å². The first kappa shape index (κ1) is 15.8. The molecule has 122 valence electrons. The molecule has 1 N–H and O–H groups in total. The van der Waals surface area contributed by atoms with Gasteiger partial charge in [-0.15, -0.1) is 0 Å². The van der Waals surface area contributed by atoms with E-state index >= 15 is 0 Å². The van der Waals surface area contributed by atoms with Crippen molar-refractivity contribution < 1.29 is 13.9 Å². The number of nitrogens with zero attached hydrogens (tertiary/aromatic N) is 1. The van der Waals surface area contributed by atoms with Gasteiger partial charge >= 0.3 is 0 Å². The number of carbonyl (C=O) groups is 1. The van der Waals surface area contributed by atoms with E-state index in [-0.39, 0.29) is 5.91 Å². The minimum Gasteiger partial charge on any atom is -0.459 e. The Labute approximate surface area is 136 Å². The van der Waals surface area contributed by atoms with Gasteiger partial charge in [0.25, 0.3) is 5.91 Å². The third-order valence-corrected chi connectivity index (χ3v) is 4.02. The van der Waals surface area contributed by atoms with Crippen LogP contribution in [0.3, 0.4) is 0 Å². The molecule has 1 aromatic carbocycles. The molecule has 1 fully saturated rings. The molecule has 0 saturated carbocycles. The SMILES string of the molecule is Cc1ccoc1C(=O)NCc1cccc(CN2CCOCC2)c1. The quantitative estimate of drug-likeness (QED) is 0.920. The summed E-state index contributed by atoms with van der Waals surface area (Å²) >= 11 is 0. The molecule has 5 nitrogen and oxygen atoms in total. The lowest BCUT2D eigenvalue weighted by atomic mass is 10.1. The average Bonchev–Trinajstić information content (AvgIpc) is 3.00. The van der Waals surface area contributed by atoms with Gasteiger partial charge in [-0.3, -0.25) is 9.69 Å². The van der Waals surface area contributed by atoms with E-state index in [1.807, 2.05) is 19.1 Å². The molecule has 0 radical (unpaired) electrons. The van der Waals surface area contributed by atoms with Crippen molar-refractivity contribution in [2.75, 3.05) is 26.3 Å². The van der Waals surface area contributed by atoms with Gasteiger partial charge in [-0.1, -0.05) is 24.3 Å². The van der Waals surface area contributed by atoms with Crippen molar-refractivity contribution >= 4 is 5.91 Å². The van der Waals surface area contributed by atoms with Crippen molar-refractivity contribution in [3.63, 3.8) is 0 Å². The Morgan fingerprint density at radius 1 is 1.22 bits per heavy atom.